The highest BCUT2D eigenvalue weighted by Gasteiger charge is 2.41. The molecule has 5 nitrogen and oxygen atoms in total. The van der Waals surface area contributed by atoms with Gasteiger partial charge in [0, 0.05) is 13.3 Å². The first-order valence-electron chi connectivity index (χ1n) is 9.20. The van der Waals surface area contributed by atoms with Gasteiger partial charge >= 0.3 is 6.18 Å². The van der Waals surface area contributed by atoms with Gasteiger partial charge in [-0.2, -0.15) is 13.2 Å². The van der Waals surface area contributed by atoms with Crippen molar-refractivity contribution < 1.29 is 27.0 Å². The van der Waals surface area contributed by atoms with Crippen LogP contribution in [-0.4, -0.2) is 27.8 Å². The number of nitrogens with zero attached hydrogens (tertiary/aromatic N) is 3. The van der Waals surface area contributed by atoms with Crippen molar-refractivity contribution in [1.82, 2.24) is 14.6 Å². The van der Waals surface area contributed by atoms with Crippen molar-refractivity contribution >= 4 is 5.65 Å². The first-order chi connectivity index (χ1) is 13.8. The largest absolute Gasteiger partial charge is 0.490 e. The van der Waals surface area contributed by atoms with E-state index in [9.17, 15) is 17.6 Å². The number of methoxy groups -OCH3 is 1. The van der Waals surface area contributed by atoms with Crippen LogP contribution in [0, 0.1) is 5.82 Å². The van der Waals surface area contributed by atoms with Crippen LogP contribution in [0.1, 0.15) is 36.8 Å². The van der Waals surface area contributed by atoms with E-state index in [1.807, 2.05) is 0 Å². The number of benzene rings is 1. The zero-order valence-electron chi connectivity index (χ0n) is 15.6. The molecule has 154 valence electrons. The summed E-state index contributed by atoms with van der Waals surface area (Å²) in [6.45, 7) is 0. The Morgan fingerprint density at radius 2 is 1.79 bits per heavy atom. The zero-order valence-corrected chi connectivity index (χ0v) is 15.6. The van der Waals surface area contributed by atoms with Gasteiger partial charge in [-0.15, -0.1) is 10.2 Å². The lowest BCUT2D eigenvalue weighted by atomic mass is 9.78. The minimum absolute atomic E-state index is 0.255. The van der Waals surface area contributed by atoms with Gasteiger partial charge in [0.2, 0.25) is 0 Å². The summed E-state index contributed by atoms with van der Waals surface area (Å²) in [5, 5.41) is 7.13. The molecule has 0 aliphatic heterocycles. The molecule has 1 aromatic carbocycles. The molecule has 4 rings (SSSR count). The maximum atomic E-state index is 13.6. The van der Waals surface area contributed by atoms with Gasteiger partial charge in [-0.05, 0) is 49.4 Å². The molecule has 0 bridgehead atoms. The van der Waals surface area contributed by atoms with E-state index in [4.69, 9.17) is 9.47 Å². The fourth-order valence-electron chi connectivity index (χ4n) is 3.96. The fourth-order valence-corrected chi connectivity index (χ4v) is 3.96. The van der Waals surface area contributed by atoms with Crippen LogP contribution in [0.15, 0.2) is 42.9 Å². The highest BCUT2D eigenvalue weighted by molar-refractivity contribution is 5.56. The topological polar surface area (TPSA) is 48.7 Å². The van der Waals surface area contributed by atoms with Crippen molar-refractivity contribution in [3.63, 3.8) is 0 Å². The van der Waals surface area contributed by atoms with Gasteiger partial charge in [-0.3, -0.25) is 4.40 Å². The highest BCUT2D eigenvalue weighted by Crippen LogP contribution is 2.43. The summed E-state index contributed by atoms with van der Waals surface area (Å²) in [5.41, 5.74) is -0.971. The second-order valence-corrected chi connectivity index (χ2v) is 7.14. The van der Waals surface area contributed by atoms with E-state index in [-0.39, 0.29) is 17.2 Å². The average Bonchev–Trinajstić information content (AvgIpc) is 3.17. The molecule has 0 atom stereocenters. The number of pyridine rings is 1. The van der Waals surface area contributed by atoms with Gasteiger partial charge in [-0.25, -0.2) is 4.39 Å². The van der Waals surface area contributed by atoms with E-state index >= 15 is 0 Å². The predicted octanol–water partition coefficient (Wildman–Crippen LogP) is 4.75. The fraction of sp³-hybridized carbons (Fsp3) is 0.400. The number of rotatable bonds is 4. The molecule has 0 radical (unpaired) electrons. The molecule has 0 spiro atoms. The number of halogens is 4. The Bertz CT molecular complexity index is 993. The molecule has 2 heterocycles. The summed E-state index contributed by atoms with van der Waals surface area (Å²) in [4.78, 5) is 0. The Morgan fingerprint density at radius 3 is 2.41 bits per heavy atom. The molecule has 29 heavy (non-hydrogen) atoms. The summed E-state index contributed by atoms with van der Waals surface area (Å²) >= 11 is 0. The molecular weight excluding hydrogens is 390 g/mol. The van der Waals surface area contributed by atoms with Crippen LogP contribution in [0.4, 0.5) is 17.6 Å². The molecule has 0 unspecified atom stereocenters. The Labute approximate surface area is 164 Å². The van der Waals surface area contributed by atoms with Crippen molar-refractivity contribution in [1.29, 1.82) is 0 Å². The predicted molar refractivity (Wildman–Crippen MR) is 96.0 cm³/mol. The van der Waals surface area contributed by atoms with Gasteiger partial charge < -0.3 is 9.47 Å². The van der Waals surface area contributed by atoms with Crippen molar-refractivity contribution in [2.75, 3.05) is 7.11 Å². The van der Waals surface area contributed by atoms with E-state index in [0.717, 1.165) is 5.56 Å². The molecule has 0 N–H and O–H groups in total. The molecule has 3 aromatic rings. The van der Waals surface area contributed by atoms with Crippen molar-refractivity contribution in [3.05, 3.63) is 59.8 Å². The van der Waals surface area contributed by atoms with E-state index in [1.165, 1.54) is 35.1 Å². The number of aromatic nitrogens is 3. The molecule has 2 aromatic heterocycles. The molecule has 1 saturated carbocycles. The smallest absolute Gasteiger partial charge is 0.423 e. The van der Waals surface area contributed by atoms with Gasteiger partial charge in [0.15, 0.2) is 5.65 Å². The number of hydrogen-bond donors (Lipinski definition) is 0. The first-order valence-corrected chi connectivity index (χ1v) is 9.20. The quantitative estimate of drug-likeness (QED) is 0.584. The third-order valence-electron chi connectivity index (χ3n) is 5.51. The van der Waals surface area contributed by atoms with Crippen LogP contribution < -0.4 is 4.74 Å². The standard InChI is InChI=1S/C20H19F4N3O2/c1-28-19(13-2-4-14(21)5-3-13)9-6-15(7-10-19)29-16-8-11-27-12-25-26-18(27)17(16)20(22,23)24/h2-5,8,11-12,15H,6-7,9-10H2,1H3/t15-,19+. The maximum Gasteiger partial charge on any atom is 0.423 e. The Kier molecular flexibility index (Phi) is 4.94. The van der Waals surface area contributed by atoms with Crippen LogP contribution in [0.2, 0.25) is 0 Å². The third-order valence-corrected chi connectivity index (χ3v) is 5.51. The van der Waals surface area contributed by atoms with Gasteiger partial charge in [0.1, 0.15) is 23.5 Å². The maximum absolute atomic E-state index is 13.6. The summed E-state index contributed by atoms with van der Waals surface area (Å²) in [6.07, 6.45) is -0.260. The SMILES string of the molecule is CO[C@]1(c2ccc(F)cc2)CC[C@H](Oc2ccn3cnnc3c2C(F)(F)F)CC1. The van der Waals surface area contributed by atoms with Crippen LogP contribution in [0.25, 0.3) is 5.65 Å². The average molecular weight is 409 g/mol. The van der Waals surface area contributed by atoms with Crippen molar-refractivity contribution in [3.8, 4) is 5.75 Å². The van der Waals surface area contributed by atoms with Crippen LogP contribution >= 0.6 is 0 Å². The van der Waals surface area contributed by atoms with Crippen LogP contribution in [0.3, 0.4) is 0 Å². The summed E-state index contributed by atoms with van der Waals surface area (Å²) in [7, 11) is 1.59. The van der Waals surface area contributed by atoms with Gasteiger partial charge in [0.25, 0.3) is 0 Å². The number of alkyl halides is 3. The minimum atomic E-state index is -4.62. The first kappa shape index (κ1) is 19.6. The molecule has 9 heteroatoms. The van der Waals surface area contributed by atoms with Crippen molar-refractivity contribution in [2.24, 2.45) is 0 Å². The van der Waals surface area contributed by atoms with E-state index < -0.39 is 23.4 Å². The number of fused-ring (bicyclic) bond motifs is 1. The minimum Gasteiger partial charge on any atom is -0.490 e. The van der Waals surface area contributed by atoms with Crippen LogP contribution in [0.5, 0.6) is 5.75 Å². The number of hydrogen-bond acceptors (Lipinski definition) is 4. The lowest BCUT2D eigenvalue weighted by Crippen LogP contribution is -2.37. The molecule has 0 amide bonds. The molecule has 0 saturated heterocycles. The molecule has 1 aliphatic rings. The third kappa shape index (κ3) is 3.66. The van der Waals surface area contributed by atoms with E-state index in [2.05, 4.69) is 10.2 Å². The Hall–Kier alpha value is -2.68. The lowest BCUT2D eigenvalue weighted by Gasteiger charge is -2.39. The lowest BCUT2D eigenvalue weighted by molar-refractivity contribution is -0.138. The van der Waals surface area contributed by atoms with E-state index in [1.54, 1.807) is 19.2 Å². The normalized spacial score (nSPS) is 22.7. The highest BCUT2D eigenvalue weighted by atomic mass is 19.4. The molecule has 1 aliphatic carbocycles. The zero-order chi connectivity index (χ0) is 20.6. The molecular formula is C20H19F4N3O2. The van der Waals surface area contributed by atoms with Crippen molar-refractivity contribution in [2.45, 2.75) is 43.6 Å². The summed E-state index contributed by atoms with van der Waals surface area (Å²) in [6, 6.07) is 7.41. The Morgan fingerprint density at radius 1 is 1.10 bits per heavy atom. The van der Waals surface area contributed by atoms with Gasteiger partial charge in [0.05, 0.1) is 11.7 Å². The Balaban J connectivity index is 1.55. The van der Waals surface area contributed by atoms with E-state index in [0.29, 0.717) is 25.7 Å². The summed E-state index contributed by atoms with van der Waals surface area (Å²) in [5.74, 6) is -0.588. The second kappa shape index (κ2) is 7.29. The van der Waals surface area contributed by atoms with Gasteiger partial charge in [-0.1, -0.05) is 12.1 Å². The monoisotopic (exact) mass is 409 g/mol. The van der Waals surface area contributed by atoms with Crippen LogP contribution in [-0.2, 0) is 16.5 Å². The molecule has 1 fully saturated rings. The second-order valence-electron chi connectivity index (χ2n) is 7.14. The summed E-state index contributed by atoms with van der Waals surface area (Å²) < 4.78 is 66.9. The number of ether oxygens (including phenoxy) is 2.